The van der Waals surface area contributed by atoms with Gasteiger partial charge in [-0.3, -0.25) is 5.32 Å². The topological polar surface area (TPSA) is 123 Å². The summed E-state index contributed by atoms with van der Waals surface area (Å²) in [5, 5.41) is 15.3. The van der Waals surface area contributed by atoms with E-state index in [1.807, 2.05) is 31.2 Å². The van der Waals surface area contributed by atoms with Crippen LogP contribution in [0.2, 0.25) is 5.02 Å². The molecule has 2 atom stereocenters. The van der Waals surface area contributed by atoms with E-state index in [2.05, 4.69) is 22.3 Å². The molecule has 1 amide bonds. The monoisotopic (exact) mass is 554 g/mol. The third-order valence-corrected chi connectivity index (χ3v) is 8.79. The van der Waals surface area contributed by atoms with Gasteiger partial charge in [0.1, 0.15) is 22.6 Å². The SMILES string of the molecule is CC1CCC(Cn2c(C(C)(O)C3CCOCC3)nc3nc(C4NOC(=O)N4)nc(-c4cccc(Cl)c4)c32)CC1. The van der Waals surface area contributed by atoms with Crippen LogP contribution in [-0.2, 0) is 21.7 Å². The van der Waals surface area contributed by atoms with Gasteiger partial charge >= 0.3 is 6.09 Å². The van der Waals surface area contributed by atoms with Crippen LogP contribution in [0, 0.1) is 17.8 Å². The highest BCUT2D eigenvalue weighted by Crippen LogP contribution is 2.40. The fourth-order valence-corrected chi connectivity index (χ4v) is 6.39. The van der Waals surface area contributed by atoms with Crippen LogP contribution in [-0.4, -0.2) is 43.9 Å². The number of rotatable bonds is 6. The van der Waals surface area contributed by atoms with E-state index in [0.29, 0.717) is 47.1 Å². The van der Waals surface area contributed by atoms with Gasteiger partial charge in [-0.15, -0.1) is 5.48 Å². The molecule has 3 N–H and O–H groups in total. The number of nitrogens with one attached hydrogen (secondary N) is 2. The van der Waals surface area contributed by atoms with Crippen LogP contribution in [0.5, 0.6) is 0 Å². The van der Waals surface area contributed by atoms with Crippen molar-refractivity contribution >= 4 is 28.9 Å². The molecule has 10 nitrogen and oxygen atoms in total. The van der Waals surface area contributed by atoms with E-state index >= 15 is 0 Å². The molecule has 3 aliphatic rings. The van der Waals surface area contributed by atoms with E-state index in [1.54, 1.807) is 0 Å². The molecule has 11 heteroatoms. The number of halogens is 1. The Hall–Kier alpha value is -2.79. The van der Waals surface area contributed by atoms with Crippen LogP contribution < -0.4 is 10.8 Å². The maximum atomic E-state index is 12.1. The predicted molar refractivity (Wildman–Crippen MR) is 145 cm³/mol. The first kappa shape index (κ1) is 26.4. The number of imidazole rings is 1. The van der Waals surface area contributed by atoms with Crippen LogP contribution >= 0.6 is 11.6 Å². The van der Waals surface area contributed by atoms with Gasteiger partial charge in [0, 0.05) is 30.3 Å². The number of fused-ring (bicyclic) bond motifs is 1. The Morgan fingerprint density at radius 1 is 1.13 bits per heavy atom. The predicted octanol–water partition coefficient (Wildman–Crippen LogP) is 4.85. The van der Waals surface area contributed by atoms with E-state index in [9.17, 15) is 9.90 Å². The van der Waals surface area contributed by atoms with Gasteiger partial charge in [0.25, 0.3) is 0 Å². The summed E-state index contributed by atoms with van der Waals surface area (Å²) in [6.45, 7) is 6.13. The van der Waals surface area contributed by atoms with Crippen LogP contribution in [0.1, 0.15) is 70.2 Å². The van der Waals surface area contributed by atoms with Crippen molar-refractivity contribution < 1.29 is 19.5 Å². The lowest BCUT2D eigenvalue weighted by molar-refractivity contribution is -0.0654. The number of ether oxygens (including phenoxy) is 1. The zero-order valence-corrected chi connectivity index (χ0v) is 23.1. The summed E-state index contributed by atoms with van der Waals surface area (Å²) in [5.74, 6) is 2.10. The largest absolute Gasteiger partial charge is 0.427 e. The fraction of sp³-hybridized carbons (Fsp3) is 0.571. The number of amides is 1. The first-order valence-corrected chi connectivity index (χ1v) is 14.2. The summed E-state index contributed by atoms with van der Waals surface area (Å²) in [7, 11) is 0. The van der Waals surface area contributed by atoms with Crippen molar-refractivity contribution in [2.45, 2.75) is 70.7 Å². The van der Waals surface area contributed by atoms with E-state index in [4.69, 9.17) is 36.1 Å². The van der Waals surface area contributed by atoms with Gasteiger partial charge in [0.15, 0.2) is 17.6 Å². The zero-order chi connectivity index (χ0) is 27.1. The van der Waals surface area contributed by atoms with E-state index in [1.165, 1.54) is 12.8 Å². The van der Waals surface area contributed by atoms with Gasteiger partial charge in [-0.25, -0.2) is 19.7 Å². The summed E-state index contributed by atoms with van der Waals surface area (Å²) in [6.07, 6.45) is 4.81. The average molecular weight is 555 g/mol. The number of hydrogen-bond acceptors (Lipinski definition) is 8. The second kappa shape index (κ2) is 10.6. The van der Waals surface area contributed by atoms with Crippen molar-refractivity contribution in [3.8, 4) is 11.3 Å². The average Bonchev–Trinajstić information content (AvgIpc) is 3.54. The molecule has 4 heterocycles. The van der Waals surface area contributed by atoms with Gasteiger partial charge in [0.2, 0.25) is 0 Å². The molecule has 1 aliphatic carbocycles. The molecule has 0 radical (unpaired) electrons. The fourth-order valence-electron chi connectivity index (χ4n) is 6.20. The lowest BCUT2D eigenvalue weighted by Crippen LogP contribution is -2.38. The van der Waals surface area contributed by atoms with Gasteiger partial charge in [-0.05, 0) is 62.5 Å². The molecule has 2 aliphatic heterocycles. The Morgan fingerprint density at radius 2 is 1.90 bits per heavy atom. The van der Waals surface area contributed by atoms with E-state index < -0.39 is 17.9 Å². The molecule has 1 aromatic carbocycles. The lowest BCUT2D eigenvalue weighted by Gasteiger charge is -2.36. The van der Waals surface area contributed by atoms with Crippen molar-refractivity contribution in [3.05, 3.63) is 40.9 Å². The molecule has 6 rings (SSSR count). The second-order valence-electron chi connectivity index (χ2n) is 11.4. The number of hydrogen-bond donors (Lipinski definition) is 3. The summed E-state index contributed by atoms with van der Waals surface area (Å²) in [5.41, 5.74) is 4.11. The van der Waals surface area contributed by atoms with Crippen molar-refractivity contribution in [1.29, 1.82) is 0 Å². The standard InChI is InChI=1S/C28H35ClN6O4/c1-16-6-8-17(9-7-16)15-35-22-21(18-4-3-5-20(29)14-18)30-24(25-33-27(36)39-34-25)31-23(22)32-26(35)28(2,37)19-10-12-38-13-11-19/h3-5,14,16-17,19,25,34,37H,6-13,15H2,1-2H3,(H,33,36). The number of nitrogens with zero attached hydrogens (tertiary/aromatic N) is 4. The highest BCUT2D eigenvalue weighted by atomic mass is 35.5. The summed E-state index contributed by atoms with van der Waals surface area (Å²) in [6, 6.07) is 7.51. The van der Waals surface area contributed by atoms with Crippen molar-refractivity contribution in [2.75, 3.05) is 13.2 Å². The van der Waals surface area contributed by atoms with Gasteiger partial charge in [-0.1, -0.05) is 43.5 Å². The number of carbonyl (C=O) groups is 1. The molecule has 2 saturated heterocycles. The van der Waals surface area contributed by atoms with E-state index in [-0.39, 0.29) is 5.92 Å². The van der Waals surface area contributed by atoms with Crippen molar-refractivity contribution in [1.82, 2.24) is 30.3 Å². The molecular formula is C28H35ClN6O4. The molecule has 2 aromatic heterocycles. The third kappa shape index (κ3) is 5.23. The smallest absolute Gasteiger partial charge is 0.382 e. The number of aliphatic hydroxyl groups is 1. The lowest BCUT2D eigenvalue weighted by atomic mass is 9.81. The molecule has 39 heavy (non-hydrogen) atoms. The van der Waals surface area contributed by atoms with Crippen molar-refractivity contribution in [2.24, 2.45) is 17.8 Å². The normalized spacial score (nSPS) is 25.8. The van der Waals surface area contributed by atoms with Crippen LogP contribution in [0.25, 0.3) is 22.4 Å². The van der Waals surface area contributed by atoms with Crippen LogP contribution in [0.15, 0.2) is 24.3 Å². The first-order valence-electron chi connectivity index (χ1n) is 13.9. The molecule has 0 spiro atoms. The van der Waals surface area contributed by atoms with Gasteiger partial charge in [-0.2, -0.15) is 0 Å². The molecule has 0 bridgehead atoms. The molecule has 3 aromatic rings. The zero-order valence-electron chi connectivity index (χ0n) is 22.3. The summed E-state index contributed by atoms with van der Waals surface area (Å²) < 4.78 is 7.75. The molecule has 2 unspecified atom stereocenters. The Morgan fingerprint density at radius 3 is 2.59 bits per heavy atom. The van der Waals surface area contributed by atoms with Gasteiger partial charge in [0.05, 0.1) is 0 Å². The molecule has 208 valence electrons. The quantitative estimate of drug-likeness (QED) is 0.395. The third-order valence-electron chi connectivity index (χ3n) is 8.55. The Bertz CT molecular complexity index is 1360. The maximum absolute atomic E-state index is 12.1. The Kier molecular flexibility index (Phi) is 7.22. The van der Waals surface area contributed by atoms with Crippen LogP contribution in [0.3, 0.4) is 0 Å². The Labute approximate surface area is 232 Å². The molecule has 1 saturated carbocycles. The van der Waals surface area contributed by atoms with Crippen molar-refractivity contribution in [3.63, 3.8) is 0 Å². The molecule has 3 fully saturated rings. The maximum Gasteiger partial charge on any atom is 0.427 e. The van der Waals surface area contributed by atoms with Gasteiger partial charge < -0.3 is 19.2 Å². The molecular weight excluding hydrogens is 520 g/mol. The minimum absolute atomic E-state index is 0.000531. The summed E-state index contributed by atoms with van der Waals surface area (Å²) in [4.78, 5) is 31.4. The minimum Gasteiger partial charge on any atom is -0.382 e. The first-order chi connectivity index (χ1) is 18.8. The number of hydroxylamine groups is 1. The highest BCUT2D eigenvalue weighted by molar-refractivity contribution is 6.30. The number of benzene rings is 1. The highest BCUT2D eigenvalue weighted by Gasteiger charge is 2.41. The van der Waals surface area contributed by atoms with Crippen LogP contribution in [0.4, 0.5) is 4.79 Å². The summed E-state index contributed by atoms with van der Waals surface area (Å²) >= 11 is 6.41. The Balaban J connectivity index is 1.55. The minimum atomic E-state index is -1.19. The number of aromatic nitrogens is 4. The second-order valence-corrected chi connectivity index (χ2v) is 11.8. The van der Waals surface area contributed by atoms with E-state index in [0.717, 1.165) is 49.2 Å². The number of carbonyl (C=O) groups excluding carboxylic acids is 1.